The summed E-state index contributed by atoms with van der Waals surface area (Å²) in [5.74, 6) is -0.143. The van der Waals surface area contributed by atoms with Gasteiger partial charge in [0, 0.05) is 25.7 Å². The molecule has 2 aromatic rings. The number of hydrogen-bond donors (Lipinski definition) is 1. The van der Waals surface area contributed by atoms with Gasteiger partial charge in [-0.2, -0.15) is 5.10 Å². The third-order valence-electron chi connectivity index (χ3n) is 5.33. The Morgan fingerprint density at radius 1 is 1.17 bits per heavy atom. The summed E-state index contributed by atoms with van der Waals surface area (Å²) in [6, 6.07) is 11.8. The number of amides is 2. The Morgan fingerprint density at radius 3 is 2.60 bits per heavy atom. The van der Waals surface area contributed by atoms with Gasteiger partial charge in [-0.15, -0.1) is 0 Å². The molecule has 1 aromatic carbocycles. The molecule has 7 nitrogen and oxygen atoms in total. The van der Waals surface area contributed by atoms with Gasteiger partial charge in [0.05, 0.1) is 11.4 Å². The number of piperidine rings is 1. The third-order valence-corrected chi connectivity index (χ3v) is 5.33. The van der Waals surface area contributed by atoms with Crippen molar-refractivity contribution in [1.82, 2.24) is 20.0 Å². The third kappa shape index (κ3) is 5.20. The van der Waals surface area contributed by atoms with Gasteiger partial charge in [-0.25, -0.2) is 9.48 Å². The molecule has 2 heterocycles. The fourth-order valence-corrected chi connectivity index (χ4v) is 3.68. The number of nitrogens with zero attached hydrogens (tertiary/aromatic N) is 3. The Balaban J connectivity index is 1.59. The normalized spacial score (nSPS) is 19.4. The molecule has 0 bridgehead atoms. The van der Waals surface area contributed by atoms with Gasteiger partial charge in [0.15, 0.2) is 0 Å². The fourth-order valence-electron chi connectivity index (χ4n) is 3.68. The highest BCUT2D eigenvalue weighted by molar-refractivity contribution is 5.89. The van der Waals surface area contributed by atoms with Crippen LogP contribution in [0, 0.1) is 0 Å². The summed E-state index contributed by atoms with van der Waals surface area (Å²) in [5.41, 5.74) is 0.403. The van der Waals surface area contributed by atoms with Crippen molar-refractivity contribution in [1.29, 1.82) is 0 Å². The van der Waals surface area contributed by atoms with Crippen LogP contribution >= 0.6 is 0 Å². The van der Waals surface area contributed by atoms with Crippen LogP contribution in [0.4, 0.5) is 4.79 Å². The van der Waals surface area contributed by atoms with Crippen LogP contribution in [0.3, 0.4) is 0 Å². The molecule has 0 radical (unpaired) electrons. The molecular formula is C23H32N4O3. The number of hydrogen-bond acceptors (Lipinski definition) is 4. The van der Waals surface area contributed by atoms with Crippen molar-refractivity contribution < 1.29 is 14.3 Å². The van der Waals surface area contributed by atoms with Crippen LogP contribution in [0.5, 0.6) is 0 Å². The standard InChI is InChI=1S/C23H32N4O3/c1-22(2,3)30-21(29)26-16-9-8-14-23(26,4)20(28)24-15-12-18-13-17-27(25-18)19-10-6-5-7-11-19/h5-7,10-11,13,17H,8-9,12,14-16H2,1-4H3,(H,24,28)/t23-/m1/s1. The number of rotatable bonds is 5. The van der Waals surface area contributed by atoms with Gasteiger partial charge in [-0.05, 0) is 65.2 Å². The number of aromatic nitrogens is 2. The van der Waals surface area contributed by atoms with Gasteiger partial charge >= 0.3 is 6.09 Å². The van der Waals surface area contributed by atoms with Gasteiger partial charge in [-0.3, -0.25) is 9.69 Å². The minimum absolute atomic E-state index is 0.143. The van der Waals surface area contributed by atoms with Crippen molar-refractivity contribution in [2.24, 2.45) is 0 Å². The SMILES string of the molecule is CC(C)(C)OC(=O)N1CCCC[C@]1(C)C(=O)NCCc1ccn(-c2ccccc2)n1. The zero-order valence-corrected chi connectivity index (χ0v) is 18.4. The van der Waals surface area contributed by atoms with Gasteiger partial charge in [0.2, 0.25) is 5.91 Å². The van der Waals surface area contributed by atoms with Crippen LogP contribution in [0.1, 0.15) is 52.7 Å². The van der Waals surface area contributed by atoms with Crippen LogP contribution in [-0.2, 0) is 16.0 Å². The van der Waals surface area contributed by atoms with Crippen molar-refractivity contribution in [2.75, 3.05) is 13.1 Å². The van der Waals surface area contributed by atoms with E-state index >= 15 is 0 Å². The molecular weight excluding hydrogens is 380 g/mol. The number of nitrogens with one attached hydrogen (secondary N) is 1. The summed E-state index contributed by atoms with van der Waals surface area (Å²) in [4.78, 5) is 27.3. The molecule has 1 aliphatic heterocycles. The maximum absolute atomic E-state index is 13.0. The Labute approximate surface area is 178 Å². The maximum atomic E-state index is 13.0. The van der Waals surface area contributed by atoms with E-state index in [2.05, 4.69) is 10.4 Å². The molecule has 7 heteroatoms. The molecule has 30 heavy (non-hydrogen) atoms. The zero-order valence-electron chi connectivity index (χ0n) is 18.4. The summed E-state index contributed by atoms with van der Waals surface area (Å²) in [7, 11) is 0. The quantitative estimate of drug-likeness (QED) is 0.812. The van der Waals surface area contributed by atoms with E-state index in [-0.39, 0.29) is 5.91 Å². The van der Waals surface area contributed by atoms with E-state index in [0.29, 0.717) is 25.9 Å². The van der Waals surface area contributed by atoms with Crippen LogP contribution in [-0.4, -0.2) is 50.9 Å². The first-order valence-electron chi connectivity index (χ1n) is 10.6. The molecule has 2 amide bonds. The monoisotopic (exact) mass is 412 g/mol. The molecule has 3 rings (SSSR count). The topological polar surface area (TPSA) is 76.5 Å². The van der Waals surface area contributed by atoms with Gasteiger partial charge in [0.1, 0.15) is 11.1 Å². The average molecular weight is 413 g/mol. The number of carbonyl (C=O) groups is 2. The molecule has 0 unspecified atom stereocenters. The summed E-state index contributed by atoms with van der Waals surface area (Å²) in [6.07, 6.45) is 4.51. The summed E-state index contributed by atoms with van der Waals surface area (Å²) < 4.78 is 7.36. The van der Waals surface area contributed by atoms with Crippen molar-refractivity contribution in [2.45, 2.75) is 64.5 Å². The van der Waals surface area contributed by atoms with E-state index in [1.165, 1.54) is 0 Å². The van der Waals surface area contributed by atoms with E-state index in [4.69, 9.17) is 4.74 Å². The second kappa shape index (κ2) is 8.90. The second-order valence-corrected chi connectivity index (χ2v) is 8.96. The molecule has 0 saturated carbocycles. The lowest BCUT2D eigenvalue weighted by molar-refractivity contribution is -0.134. The molecule has 1 aromatic heterocycles. The summed E-state index contributed by atoms with van der Waals surface area (Å²) in [6.45, 7) is 8.32. The van der Waals surface area contributed by atoms with Crippen molar-refractivity contribution >= 4 is 12.0 Å². The summed E-state index contributed by atoms with van der Waals surface area (Å²) in [5, 5.41) is 7.57. The lowest BCUT2D eigenvalue weighted by Gasteiger charge is -2.43. The number of likely N-dealkylation sites (tertiary alicyclic amines) is 1. The molecule has 0 spiro atoms. The van der Waals surface area contributed by atoms with Crippen LogP contribution in [0.15, 0.2) is 42.6 Å². The van der Waals surface area contributed by atoms with E-state index in [1.807, 2.05) is 75.0 Å². The minimum Gasteiger partial charge on any atom is -0.444 e. The predicted octanol–water partition coefficient (Wildman–Crippen LogP) is 3.71. The number of benzene rings is 1. The second-order valence-electron chi connectivity index (χ2n) is 8.96. The fraction of sp³-hybridized carbons (Fsp3) is 0.522. The minimum atomic E-state index is -0.899. The average Bonchev–Trinajstić information content (AvgIpc) is 3.16. The largest absolute Gasteiger partial charge is 0.444 e. The van der Waals surface area contributed by atoms with Crippen LogP contribution < -0.4 is 5.32 Å². The highest BCUT2D eigenvalue weighted by Gasteiger charge is 2.45. The van der Waals surface area contributed by atoms with Crippen LogP contribution in [0.2, 0.25) is 0 Å². The first-order valence-corrected chi connectivity index (χ1v) is 10.6. The van der Waals surface area contributed by atoms with Gasteiger partial charge in [-0.1, -0.05) is 18.2 Å². The number of para-hydroxylation sites is 1. The maximum Gasteiger partial charge on any atom is 0.411 e. The molecule has 1 N–H and O–H groups in total. The molecule has 1 aliphatic rings. The zero-order chi connectivity index (χ0) is 21.8. The predicted molar refractivity (Wildman–Crippen MR) is 115 cm³/mol. The first kappa shape index (κ1) is 21.9. The van der Waals surface area contributed by atoms with Crippen molar-refractivity contribution in [3.05, 3.63) is 48.3 Å². The molecule has 162 valence electrons. The summed E-state index contributed by atoms with van der Waals surface area (Å²) >= 11 is 0. The molecule has 0 aliphatic carbocycles. The highest BCUT2D eigenvalue weighted by Crippen LogP contribution is 2.30. The molecule has 1 fully saturated rings. The van der Waals surface area contributed by atoms with Gasteiger partial charge in [0.25, 0.3) is 0 Å². The van der Waals surface area contributed by atoms with E-state index in [1.54, 1.807) is 4.90 Å². The lowest BCUT2D eigenvalue weighted by Crippen LogP contribution is -2.61. The Kier molecular flexibility index (Phi) is 6.48. The van der Waals surface area contributed by atoms with Crippen molar-refractivity contribution in [3.8, 4) is 5.69 Å². The first-order chi connectivity index (χ1) is 14.2. The smallest absolute Gasteiger partial charge is 0.411 e. The Hall–Kier alpha value is -2.83. The van der Waals surface area contributed by atoms with E-state index in [9.17, 15) is 9.59 Å². The van der Waals surface area contributed by atoms with E-state index in [0.717, 1.165) is 24.2 Å². The Bertz CT molecular complexity index is 872. The molecule has 1 atom stereocenters. The number of carbonyl (C=O) groups excluding carboxylic acids is 2. The van der Waals surface area contributed by atoms with Crippen LogP contribution in [0.25, 0.3) is 5.69 Å². The highest BCUT2D eigenvalue weighted by atomic mass is 16.6. The van der Waals surface area contributed by atoms with E-state index < -0.39 is 17.2 Å². The van der Waals surface area contributed by atoms with Gasteiger partial charge < -0.3 is 10.1 Å². The number of ether oxygens (including phenoxy) is 1. The molecule has 1 saturated heterocycles. The Morgan fingerprint density at radius 2 is 1.90 bits per heavy atom. The van der Waals surface area contributed by atoms with Crippen molar-refractivity contribution in [3.63, 3.8) is 0 Å². The lowest BCUT2D eigenvalue weighted by atomic mass is 9.87.